The Morgan fingerprint density at radius 2 is 2.14 bits per heavy atom. The topological polar surface area (TPSA) is 38.3 Å². The second-order valence-electron chi connectivity index (χ2n) is 5.39. The Kier molecular flexibility index (Phi) is 6.43. The van der Waals surface area contributed by atoms with Gasteiger partial charge in [-0.1, -0.05) is 25.5 Å². The van der Waals surface area contributed by atoms with Crippen molar-refractivity contribution in [2.75, 3.05) is 17.7 Å². The third-order valence-corrected chi connectivity index (χ3v) is 4.80. The summed E-state index contributed by atoms with van der Waals surface area (Å²) in [4.78, 5) is 13.2. The van der Waals surface area contributed by atoms with Crippen LogP contribution in [-0.4, -0.2) is 24.4 Å². The molecule has 1 aromatic carbocycles. The fourth-order valence-corrected chi connectivity index (χ4v) is 3.65. The molecular weight excluding hydrogens is 282 g/mol. The fourth-order valence-electron chi connectivity index (χ4n) is 2.88. The maximum Gasteiger partial charge on any atom is 0.308 e. The van der Waals surface area contributed by atoms with Crippen molar-refractivity contribution < 1.29 is 9.53 Å². The Balaban J connectivity index is 1.98. The van der Waals surface area contributed by atoms with Crippen LogP contribution in [0.15, 0.2) is 29.2 Å². The van der Waals surface area contributed by atoms with Crippen LogP contribution < -0.4 is 5.32 Å². The molecular formula is C17H25NO2S. The van der Waals surface area contributed by atoms with Gasteiger partial charge in [0.15, 0.2) is 0 Å². The number of hydrogen-bond acceptors (Lipinski definition) is 4. The normalized spacial score (nSPS) is 21.8. The number of benzene rings is 1. The summed E-state index contributed by atoms with van der Waals surface area (Å²) < 4.78 is 5.17. The Morgan fingerprint density at radius 1 is 1.33 bits per heavy atom. The molecule has 0 heterocycles. The molecule has 4 heteroatoms. The molecule has 1 fully saturated rings. The predicted molar refractivity (Wildman–Crippen MR) is 88.8 cm³/mol. The molecule has 0 aliphatic heterocycles. The Morgan fingerprint density at radius 3 is 2.90 bits per heavy atom. The van der Waals surface area contributed by atoms with Crippen molar-refractivity contribution in [1.82, 2.24) is 0 Å². The minimum Gasteiger partial charge on any atom is -0.466 e. The van der Waals surface area contributed by atoms with Crippen molar-refractivity contribution in [3.63, 3.8) is 0 Å². The molecule has 1 aliphatic rings. The minimum atomic E-state index is -0.0276. The van der Waals surface area contributed by atoms with Gasteiger partial charge in [-0.05, 0) is 44.1 Å². The Labute approximate surface area is 131 Å². The van der Waals surface area contributed by atoms with Crippen LogP contribution in [0.1, 0.15) is 39.5 Å². The first-order valence-corrected chi connectivity index (χ1v) is 8.88. The van der Waals surface area contributed by atoms with Gasteiger partial charge in [-0.25, -0.2) is 0 Å². The lowest BCUT2D eigenvalue weighted by Gasteiger charge is -2.29. The van der Waals surface area contributed by atoms with Crippen LogP contribution in [0.2, 0.25) is 0 Å². The number of rotatable bonds is 6. The van der Waals surface area contributed by atoms with Gasteiger partial charge in [-0.15, -0.1) is 11.8 Å². The molecule has 1 N–H and O–H groups in total. The van der Waals surface area contributed by atoms with Gasteiger partial charge in [0.05, 0.1) is 12.5 Å². The number of esters is 1. The van der Waals surface area contributed by atoms with E-state index in [2.05, 4.69) is 36.5 Å². The van der Waals surface area contributed by atoms with Crippen molar-refractivity contribution >= 4 is 23.4 Å². The van der Waals surface area contributed by atoms with E-state index in [-0.39, 0.29) is 11.9 Å². The Bertz CT molecular complexity index is 464. The molecule has 116 valence electrons. The van der Waals surface area contributed by atoms with Crippen molar-refractivity contribution in [1.29, 1.82) is 0 Å². The highest BCUT2D eigenvalue weighted by Crippen LogP contribution is 2.31. The van der Waals surface area contributed by atoms with E-state index in [9.17, 15) is 4.79 Å². The van der Waals surface area contributed by atoms with Crippen molar-refractivity contribution in [2.24, 2.45) is 5.92 Å². The number of nitrogens with one attached hydrogen (secondary N) is 1. The molecule has 3 nitrogen and oxygen atoms in total. The van der Waals surface area contributed by atoms with Crippen LogP contribution in [0.25, 0.3) is 0 Å². The molecule has 2 rings (SSSR count). The van der Waals surface area contributed by atoms with Gasteiger partial charge in [0.1, 0.15) is 0 Å². The molecule has 0 bridgehead atoms. The number of anilines is 1. The van der Waals surface area contributed by atoms with Crippen LogP contribution in [0.3, 0.4) is 0 Å². The molecule has 0 aromatic heterocycles. The van der Waals surface area contributed by atoms with Gasteiger partial charge >= 0.3 is 5.97 Å². The van der Waals surface area contributed by atoms with E-state index < -0.39 is 0 Å². The maximum absolute atomic E-state index is 11.9. The Hall–Kier alpha value is -1.16. The first-order chi connectivity index (χ1) is 10.2. The first kappa shape index (κ1) is 16.2. The average Bonchev–Trinajstić information content (AvgIpc) is 2.50. The van der Waals surface area contributed by atoms with E-state index >= 15 is 0 Å². The van der Waals surface area contributed by atoms with Gasteiger partial charge in [0.2, 0.25) is 0 Å². The SMILES string of the molecule is CCOC(=O)C1CCCC(Nc2ccccc2SCC)C1. The van der Waals surface area contributed by atoms with Crippen LogP contribution in [0.5, 0.6) is 0 Å². The zero-order valence-corrected chi connectivity index (χ0v) is 13.7. The summed E-state index contributed by atoms with van der Waals surface area (Å²) in [7, 11) is 0. The monoisotopic (exact) mass is 307 g/mol. The molecule has 1 saturated carbocycles. The summed E-state index contributed by atoms with van der Waals surface area (Å²) in [5, 5.41) is 3.63. The second kappa shape index (κ2) is 8.32. The molecule has 0 radical (unpaired) electrons. The molecule has 1 aromatic rings. The maximum atomic E-state index is 11.9. The van der Waals surface area contributed by atoms with Crippen LogP contribution in [0.4, 0.5) is 5.69 Å². The summed E-state index contributed by atoms with van der Waals surface area (Å²) >= 11 is 1.85. The highest BCUT2D eigenvalue weighted by molar-refractivity contribution is 7.99. The minimum absolute atomic E-state index is 0.0276. The van der Waals surface area contributed by atoms with Crippen molar-refractivity contribution in [2.45, 2.75) is 50.5 Å². The third-order valence-electron chi connectivity index (χ3n) is 3.84. The first-order valence-electron chi connectivity index (χ1n) is 7.89. The molecule has 21 heavy (non-hydrogen) atoms. The molecule has 0 saturated heterocycles. The van der Waals surface area contributed by atoms with Crippen molar-refractivity contribution in [3.8, 4) is 0 Å². The quantitative estimate of drug-likeness (QED) is 0.627. The number of para-hydroxylation sites is 1. The third kappa shape index (κ3) is 4.67. The molecule has 2 unspecified atom stereocenters. The van der Waals surface area contributed by atoms with Gasteiger partial charge in [-0.3, -0.25) is 4.79 Å². The zero-order valence-electron chi connectivity index (χ0n) is 12.9. The fraction of sp³-hybridized carbons (Fsp3) is 0.588. The highest BCUT2D eigenvalue weighted by atomic mass is 32.2. The summed E-state index contributed by atoms with van der Waals surface area (Å²) in [5.41, 5.74) is 1.19. The average molecular weight is 307 g/mol. The lowest BCUT2D eigenvalue weighted by Crippen LogP contribution is -2.32. The molecule has 0 amide bonds. The van der Waals surface area contributed by atoms with E-state index in [1.54, 1.807) is 0 Å². The van der Waals surface area contributed by atoms with E-state index in [1.807, 2.05) is 18.7 Å². The van der Waals surface area contributed by atoms with Gasteiger partial charge < -0.3 is 10.1 Å². The number of carbonyl (C=O) groups excluding carboxylic acids is 1. The predicted octanol–water partition coefficient (Wildman–Crippen LogP) is 4.33. The summed E-state index contributed by atoms with van der Waals surface area (Å²) in [5.74, 6) is 1.09. The number of hydrogen-bond donors (Lipinski definition) is 1. The van der Waals surface area contributed by atoms with E-state index in [0.29, 0.717) is 12.6 Å². The largest absolute Gasteiger partial charge is 0.466 e. The summed E-state index contributed by atoms with van der Waals surface area (Å²) in [6.45, 7) is 4.51. The zero-order chi connectivity index (χ0) is 15.1. The van der Waals surface area contributed by atoms with Crippen LogP contribution in [-0.2, 0) is 9.53 Å². The highest BCUT2D eigenvalue weighted by Gasteiger charge is 2.28. The van der Waals surface area contributed by atoms with E-state index in [4.69, 9.17) is 4.74 Å². The number of thioether (sulfide) groups is 1. The number of ether oxygens (including phenoxy) is 1. The number of carbonyl (C=O) groups is 1. The summed E-state index contributed by atoms with van der Waals surface area (Å²) in [6, 6.07) is 8.79. The smallest absolute Gasteiger partial charge is 0.308 e. The molecule has 2 atom stereocenters. The van der Waals surface area contributed by atoms with Gasteiger partial charge in [-0.2, -0.15) is 0 Å². The molecule has 1 aliphatic carbocycles. The second-order valence-corrected chi connectivity index (χ2v) is 6.69. The molecule has 0 spiro atoms. The van der Waals surface area contributed by atoms with E-state index in [0.717, 1.165) is 31.4 Å². The lowest BCUT2D eigenvalue weighted by atomic mass is 9.85. The van der Waals surface area contributed by atoms with Crippen LogP contribution in [0, 0.1) is 5.92 Å². The lowest BCUT2D eigenvalue weighted by molar-refractivity contribution is -0.149. The van der Waals surface area contributed by atoms with Gasteiger partial charge in [0, 0.05) is 16.6 Å². The van der Waals surface area contributed by atoms with Gasteiger partial charge in [0.25, 0.3) is 0 Å². The summed E-state index contributed by atoms with van der Waals surface area (Å²) in [6.07, 6.45) is 4.05. The van der Waals surface area contributed by atoms with Crippen molar-refractivity contribution in [3.05, 3.63) is 24.3 Å². The van der Waals surface area contributed by atoms with E-state index in [1.165, 1.54) is 10.6 Å². The van der Waals surface area contributed by atoms with Crippen LogP contribution >= 0.6 is 11.8 Å². The standard InChI is InChI=1S/C17H25NO2S/c1-3-20-17(19)13-8-7-9-14(12-13)18-15-10-5-6-11-16(15)21-4-2/h5-6,10-11,13-14,18H,3-4,7-9,12H2,1-2H3.